The van der Waals surface area contributed by atoms with E-state index in [-0.39, 0.29) is 5.56 Å². The molecular formula is C20H21N3O2S. The molecule has 0 atom stereocenters. The first-order chi connectivity index (χ1) is 12.5. The molecule has 0 aliphatic heterocycles. The molecular weight excluding hydrogens is 346 g/mol. The third-order valence-electron chi connectivity index (χ3n) is 4.82. The average Bonchev–Trinajstić information content (AvgIpc) is 3.27. The molecule has 0 aliphatic carbocycles. The number of nitrogens with zero attached hydrogens (tertiary/aromatic N) is 3. The molecule has 0 aliphatic rings. The molecule has 6 heteroatoms. The number of thiazole rings is 1. The van der Waals surface area contributed by atoms with Crippen molar-refractivity contribution in [3.05, 3.63) is 56.0 Å². The van der Waals surface area contributed by atoms with Crippen LogP contribution in [0, 0.1) is 13.8 Å². The molecule has 26 heavy (non-hydrogen) atoms. The zero-order valence-electron chi connectivity index (χ0n) is 15.4. The molecule has 0 N–H and O–H groups in total. The summed E-state index contributed by atoms with van der Waals surface area (Å²) in [6, 6.07) is 7.93. The molecule has 0 fully saturated rings. The number of hydrogen-bond acceptors (Lipinski definition) is 5. The predicted molar refractivity (Wildman–Crippen MR) is 107 cm³/mol. The topological polar surface area (TPSA) is 50.8 Å². The molecule has 134 valence electrons. The highest BCUT2D eigenvalue weighted by Crippen LogP contribution is 2.21. The van der Waals surface area contributed by atoms with Crippen LogP contribution < -0.4 is 15.0 Å². The second-order valence-electron chi connectivity index (χ2n) is 6.42. The summed E-state index contributed by atoms with van der Waals surface area (Å²) in [6.45, 7) is 10.1. The minimum atomic E-state index is -0.0449. The van der Waals surface area contributed by atoms with Gasteiger partial charge in [-0.05, 0) is 57.0 Å². The normalized spacial score (nSPS) is 12.5. The molecule has 0 amide bonds. The van der Waals surface area contributed by atoms with Gasteiger partial charge in [0.05, 0.1) is 11.0 Å². The molecule has 0 spiro atoms. The number of hydrogen-bond donors (Lipinski definition) is 0. The first-order valence-corrected chi connectivity index (χ1v) is 9.62. The summed E-state index contributed by atoms with van der Waals surface area (Å²) in [5.41, 5.74) is 4.03. The number of anilines is 1. The lowest BCUT2D eigenvalue weighted by molar-refractivity contribution is 0.541. The molecule has 3 aromatic heterocycles. The van der Waals surface area contributed by atoms with Crippen molar-refractivity contribution < 1.29 is 4.42 Å². The Morgan fingerprint density at radius 1 is 1.19 bits per heavy atom. The number of aryl methyl sites for hydroxylation is 2. The minimum Gasteiger partial charge on any atom is -0.441 e. The van der Waals surface area contributed by atoms with Gasteiger partial charge in [0.15, 0.2) is 10.8 Å². The van der Waals surface area contributed by atoms with E-state index in [0.717, 1.165) is 40.5 Å². The summed E-state index contributed by atoms with van der Waals surface area (Å²) in [5, 5.41) is 0. The summed E-state index contributed by atoms with van der Waals surface area (Å²) >= 11 is 1.40. The molecule has 1 aromatic carbocycles. The van der Waals surface area contributed by atoms with Gasteiger partial charge in [-0.25, -0.2) is 9.38 Å². The number of aromatic nitrogens is 2. The molecule has 3 heterocycles. The highest BCUT2D eigenvalue weighted by molar-refractivity contribution is 7.15. The van der Waals surface area contributed by atoms with Crippen LogP contribution in [-0.2, 0) is 0 Å². The Morgan fingerprint density at radius 3 is 2.65 bits per heavy atom. The van der Waals surface area contributed by atoms with Gasteiger partial charge in [0, 0.05) is 25.2 Å². The van der Waals surface area contributed by atoms with Gasteiger partial charge >= 0.3 is 0 Å². The summed E-state index contributed by atoms with van der Waals surface area (Å²) in [4.78, 5) is 20.4. The fourth-order valence-corrected chi connectivity index (χ4v) is 4.14. The van der Waals surface area contributed by atoms with Gasteiger partial charge in [-0.1, -0.05) is 11.3 Å². The van der Waals surface area contributed by atoms with Gasteiger partial charge in [0.1, 0.15) is 10.3 Å². The molecule has 0 saturated carbocycles. The van der Waals surface area contributed by atoms with Crippen LogP contribution in [0.5, 0.6) is 0 Å². The number of imidazole rings is 1. The fourth-order valence-electron chi connectivity index (χ4n) is 3.17. The summed E-state index contributed by atoms with van der Waals surface area (Å²) in [5.74, 6) is 1.51. The zero-order chi connectivity index (χ0) is 18.4. The van der Waals surface area contributed by atoms with Crippen molar-refractivity contribution in [1.82, 2.24) is 9.38 Å². The molecule has 0 radical (unpaired) electrons. The van der Waals surface area contributed by atoms with E-state index >= 15 is 0 Å². The van der Waals surface area contributed by atoms with Gasteiger partial charge in [0.2, 0.25) is 0 Å². The molecule has 5 nitrogen and oxygen atoms in total. The van der Waals surface area contributed by atoms with Crippen molar-refractivity contribution in [3.8, 4) is 0 Å². The predicted octanol–water partition coefficient (Wildman–Crippen LogP) is 3.51. The number of benzene rings is 1. The molecule has 4 rings (SSSR count). The Morgan fingerprint density at radius 2 is 1.92 bits per heavy atom. The minimum absolute atomic E-state index is 0.0449. The van der Waals surface area contributed by atoms with Crippen molar-refractivity contribution in [2.45, 2.75) is 27.7 Å². The van der Waals surface area contributed by atoms with Crippen molar-refractivity contribution in [2.75, 3.05) is 18.0 Å². The molecule has 0 saturated heterocycles. The van der Waals surface area contributed by atoms with Crippen molar-refractivity contribution in [2.24, 2.45) is 0 Å². The first kappa shape index (κ1) is 16.8. The van der Waals surface area contributed by atoms with Gasteiger partial charge in [-0.2, -0.15) is 0 Å². The van der Waals surface area contributed by atoms with E-state index in [2.05, 4.69) is 37.6 Å². The Bertz CT molecular complexity index is 1210. The summed E-state index contributed by atoms with van der Waals surface area (Å²) in [7, 11) is 0. The molecule has 0 unspecified atom stereocenters. The first-order valence-electron chi connectivity index (χ1n) is 8.80. The number of rotatable bonds is 4. The van der Waals surface area contributed by atoms with Crippen LogP contribution in [0.15, 0.2) is 33.5 Å². The Kier molecular flexibility index (Phi) is 4.07. The largest absolute Gasteiger partial charge is 0.441 e. The second kappa shape index (κ2) is 6.29. The highest BCUT2D eigenvalue weighted by atomic mass is 32.1. The maximum Gasteiger partial charge on any atom is 0.275 e. The smallest absolute Gasteiger partial charge is 0.275 e. The van der Waals surface area contributed by atoms with E-state index in [9.17, 15) is 4.79 Å². The molecule has 0 bridgehead atoms. The second-order valence-corrected chi connectivity index (χ2v) is 7.43. The van der Waals surface area contributed by atoms with Crippen molar-refractivity contribution >= 4 is 39.3 Å². The van der Waals surface area contributed by atoms with Gasteiger partial charge in [-0.3, -0.25) is 4.79 Å². The quantitative estimate of drug-likeness (QED) is 0.554. The lowest BCUT2D eigenvalue weighted by Crippen LogP contribution is -2.22. The van der Waals surface area contributed by atoms with Crippen LogP contribution >= 0.6 is 11.3 Å². The fraction of sp³-hybridized carbons (Fsp3) is 0.300. The van der Waals surface area contributed by atoms with Gasteiger partial charge in [0.25, 0.3) is 5.56 Å². The van der Waals surface area contributed by atoms with Gasteiger partial charge in [-0.15, -0.1) is 0 Å². The maximum atomic E-state index is 12.9. The number of fused-ring (bicyclic) bond motifs is 3. The SMILES string of the molecule is CCN(CC)c1ccc(/C=c2/sc3nc4cc(C)c(C)cc4n3c2=O)o1. The van der Waals surface area contributed by atoms with Crippen LogP contribution in [0.4, 0.5) is 5.88 Å². The van der Waals surface area contributed by atoms with E-state index in [1.165, 1.54) is 16.9 Å². The van der Waals surface area contributed by atoms with Crippen LogP contribution in [-0.4, -0.2) is 22.5 Å². The maximum absolute atomic E-state index is 12.9. The standard InChI is InChI=1S/C20H21N3O2S/c1-5-22(6-2)18-8-7-14(25-18)11-17-19(24)23-16-10-13(4)12(3)9-15(16)21-20(23)26-17/h7-11H,5-6H2,1-4H3/b17-11+. The van der Waals surface area contributed by atoms with Crippen LogP contribution in [0.25, 0.3) is 22.1 Å². The van der Waals surface area contributed by atoms with Crippen molar-refractivity contribution in [1.29, 1.82) is 0 Å². The van der Waals surface area contributed by atoms with Crippen LogP contribution in [0.3, 0.4) is 0 Å². The van der Waals surface area contributed by atoms with Crippen LogP contribution in [0.1, 0.15) is 30.7 Å². The Balaban J connectivity index is 1.85. The van der Waals surface area contributed by atoms with E-state index in [1.807, 2.05) is 30.3 Å². The van der Waals surface area contributed by atoms with E-state index in [0.29, 0.717) is 10.3 Å². The Labute approximate surface area is 155 Å². The monoisotopic (exact) mass is 367 g/mol. The average molecular weight is 367 g/mol. The van der Waals surface area contributed by atoms with Crippen LogP contribution in [0.2, 0.25) is 0 Å². The van der Waals surface area contributed by atoms with E-state index in [4.69, 9.17) is 4.42 Å². The van der Waals surface area contributed by atoms with E-state index < -0.39 is 0 Å². The Hall–Kier alpha value is -2.60. The lowest BCUT2D eigenvalue weighted by atomic mass is 10.1. The summed E-state index contributed by atoms with van der Waals surface area (Å²) < 4.78 is 8.22. The number of furan rings is 1. The third kappa shape index (κ3) is 2.61. The molecule has 4 aromatic rings. The lowest BCUT2D eigenvalue weighted by Gasteiger charge is -2.16. The van der Waals surface area contributed by atoms with Gasteiger partial charge < -0.3 is 9.32 Å². The van der Waals surface area contributed by atoms with Crippen molar-refractivity contribution in [3.63, 3.8) is 0 Å². The zero-order valence-corrected chi connectivity index (χ0v) is 16.2. The third-order valence-corrected chi connectivity index (χ3v) is 5.78. The van der Waals surface area contributed by atoms with E-state index in [1.54, 1.807) is 4.40 Å². The summed E-state index contributed by atoms with van der Waals surface area (Å²) in [6.07, 6.45) is 1.81. The highest BCUT2D eigenvalue weighted by Gasteiger charge is 2.13.